The van der Waals surface area contributed by atoms with Gasteiger partial charge in [-0.1, -0.05) is 19.8 Å². The van der Waals surface area contributed by atoms with E-state index in [4.69, 9.17) is 10.2 Å². The summed E-state index contributed by atoms with van der Waals surface area (Å²) >= 11 is 0. The van der Waals surface area contributed by atoms with E-state index in [-0.39, 0.29) is 11.4 Å². The van der Waals surface area contributed by atoms with Crippen LogP contribution in [0.5, 0.6) is 0 Å². The first-order valence-corrected chi connectivity index (χ1v) is 9.54. The van der Waals surface area contributed by atoms with Crippen molar-refractivity contribution in [1.29, 1.82) is 0 Å². The van der Waals surface area contributed by atoms with Crippen LogP contribution in [0.15, 0.2) is 28.7 Å². The van der Waals surface area contributed by atoms with E-state index in [1.807, 2.05) is 4.57 Å². The Morgan fingerprint density at radius 3 is 2.68 bits per heavy atom. The lowest BCUT2D eigenvalue weighted by atomic mass is 10.2. The second kappa shape index (κ2) is 6.63. The molecule has 0 amide bonds. The normalized spacial score (nSPS) is 12.2. The number of unbranched alkanes of at least 4 members (excludes halogenated alkanes) is 2. The number of furan rings is 1. The summed E-state index contributed by atoms with van der Waals surface area (Å²) in [5.74, 6) is 0.00143. The Kier molecular flexibility index (Phi) is 4.69. The van der Waals surface area contributed by atoms with Gasteiger partial charge in [0, 0.05) is 6.54 Å². The van der Waals surface area contributed by atoms with Gasteiger partial charge < -0.3 is 24.5 Å². The Hall–Kier alpha value is -2.15. The summed E-state index contributed by atoms with van der Waals surface area (Å²) in [6.07, 6.45) is 2.90. The van der Waals surface area contributed by atoms with Crippen LogP contribution in [0, 0.1) is 5.82 Å². The van der Waals surface area contributed by atoms with Gasteiger partial charge in [-0.05, 0) is 30.7 Å². The molecule has 3 rings (SSSR count). The molecule has 3 aromatic rings. The van der Waals surface area contributed by atoms with Crippen molar-refractivity contribution in [1.82, 2.24) is 9.55 Å². The van der Waals surface area contributed by atoms with E-state index in [2.05, 4.69) is 11.9 Å². The average molecular weight is 367 g/mol. The Morgan fingerprint density at radius 1 is 1.28 bits per heavy atom. The van der Waals surface area contributed by atoms with E-state index >= 15 is 0 Å². The van der Waals surface area contributed by atoms with Crippen molar-refractivity contribution in [2.45, 2.75) is 32.7 Å². The van der Waals surface area contributed by atoms with Crippen molar-refractivity contribution in [3.05, 3.63) is 30.1 Å². The zero-order chi connectivity index (χ0) is 18.2. The molecule has 25 heavy (non-hydrogen) atoms. The molecular formula is C16H19FN3O4P. The molecule has 7 nitrogen and oxygen atoms in total. The largest absolute Gasteiger partial charge is 0.445 e. The zero-order valence-electron chi connectivity index (χ0n) is 13.6. The molecule has 2 aromatic heterocycles. The minimum atomic E-state index is -4.50. The van der Waals surface area contributed by atoms with Gasteiger partial charge in [0.15, 0.2) is 11.6 Å². The maximum absolute atomic E-state index is 13.8. The number of nitrogens with zero attached hydrogens (tertiary/aromatic N) is 2. The highest BCUT2D eigenvalue weighted by Crippen LogP contribution is 2.36. The summed E-state index contributed by atoms with van der Waals surface area (Å²) in [5.41, 5.74) is 6.26. The second-order valence-electron chi connectivity index (χ2n) is 5.80. The standard InChI is InChI=1S/C16H19FN3O4P/c1-2-3-4-9-20-11-6-5-10(17)14(18)15(11)19-16(20)12-7-8-13(24-12)25(21,22)23/h5-8H,2-4,9,18H2,1H3,(H2,21,22,23). The van der Waals surface area contributed by atoms with E-state index in [9.17, 15) is 18.7 Å². The fourth-order valence-electron chi connectivity index (χ4n) is 2.73. The fourth-order valence-corrected chi connectivity index (χ4v) is 3.21. The molecule has 4 N–H and O–H groups in total. The third-order valence-corrected chi connectivity index (χ3v) is 4.81. The molecule has 0 bridgehead atoms. The van der Waals surface area contributed by atoms with Gasteiger partial charge in [-0.3, -0.25) is 4.57 Å². The minimum Gasteiger partial charge on any atom is -0.445 e. The van der Waals surface area contributed by atoms with Gasteiger partial charge in [0.1, 0.15) is 11.3 Å². The lowest BCUT2D eigenvalue weighted by Crippen LogP contribution is -2.02. The molecule has 134 valence electrons. The Labute approximate surface area is 143 Å². The van der Waals surface area contributed by atoms with E-state index in [1.165, 1.54) is 18.2 Å². The first-order chi connectivity index (χ1) is 11.8. The minimum absolute atomic E-state index is 0.0604. The summed E-state index contributed by atoms with van der Waals surface area (Å²) in [6.45, 7) is 2.69. The number of nitrogen functional groups attached to an aromatic ring is 1. The van der Waals surface area contributed by atoms with Crippen LogP contribution in [-0.4, -0.2) is 19.3 Å². The molecule has 0 atom stereocenters. The van der Waals surface area contributed by atoms with Crippen molar-refractivity contribution in [3.8, 4) is 11.6 Å². The van der Waals surface area contributed by atoms with Gasteiger partial charge in [-0.2, -0.15) is 0 Å². The molecule has 0 saturated carbocycles. The number of benzene rings is 1. The Balaban J connectivity index is 2.15. The van der Waals surface area contributed by atoms with Gasteiger partial charge in [-0.15, -0.1) is 0 Å². The van der Waals surface area contributed by atoms with Gasteiger partial charge >= 0.3 is 7.60 Å². The summed E-state index contributed by atoms with van der Waals surface area (Å²) < 4.78 is 32.2. The number of rotatable bonds is 6. The Morgan fingerprint density at radius 2 is 2.04 bits per heavy atom. The number of fused-ring (bicyclic) bond motifs is 1. The maximum Gasteiger partial charge on any atom is 0.391 e. The van der Waals surface area contributed by atoms with Crippen LogP contribution >= 0.6 is 7.60 Å². The smallest absolute Gasteiger partial charge is 0.391 e. The van der Waals surface area contributed by atoms with Crippen molar-refractivity contribution in [3.63, 3.8) is 0 Å². The van der Waals surface area contributed by atoms with Crippen LogP contribution < -0.4 is 11.2 Å². The highest BCUT2D eigenvalue weighted by molar-refractivity contribution is 7.59. The molecular weight excluding hydrogens is 348 g/mol. The maximum atomic E-state index is 13.8. The lowest BCUT2D eigenvalue weighted by Gasteiger charge is -2.08. The first kappa shape index (κ1) is 17.7. The fraction of sp³-hybridized carbons (Fsp3) is 0.312. The molecule has 0 fully saturated rings. The van der Waals surface area contributed by atoms with Gasteiger partial charge in [0.2, 0.25) is 5.50 Å². The molecule has 0 unspecified atom stereocenters. The zero-order valence-corrected chi connectivity index (χ0v) is 14.5. The molecule has 0 spiro atoms. The quantitative estimate of drug-likeness (QED) is 0.350. The second-order valence-corrected chi connectivity index (χ2v) is 7.33. The highest BCUT2D eigenvalue weighted by atomic mass is 31.2. The van der Waals surface area contributed by atoms with Gasteiger partial charge in [0.25, 0.3) is 0 Å². The number of anilines is 1. The number of halogens is 1. The lowest BCUT2D eigenvalue weighted by molar-refractivity contribution is 0.377. The van der Waals surface area contributed by atoms with Crippen molar-refractivity contribution < 1.29 is 23.2 Å². The third-order valence-electron chi connectivity index (χ3n) is 3.99. The topological polar surface area (TPSA) is 115 Å². The first-order valence-electron chi connectivity index (χ1n) is 7.93. The summed E-state index contributed by atoms with van der Waals surface area (Å²) in [7, 11) is -4.50. The summed E-state index contributed by atoms with van der Waals surface area (Å²) in [5, 5.41) is 0. The molecule has 0 aliphatic rings. The van der Waals surface area contributed by atoms with E-state index in [0.29, 0.717) is 23.4 Å². The molecule has 1 aromatic carbocycles. The van der Waals surface area contributed by atoms with Gasteiger partial charge in [-0.25, -0.2) is 9.37 Å². The van der Waals surface area contributed by atoms with E-state index in [1.54, 1.807) is 6.07 Å². The average Bonchev–Trinajstić information content (AvgIpc) is 3.16. The molecule has 0 saturated heterocycles. The SMILES string of the molecule is CCCCCn1c(-c2ccc(P(=O)(O)O)o2)nc2c(N)c(F)ccc21. The predicted molar refractivity (Wildman–Crippen MR) is 93.0 cm³/mol. The molecule has 0 aliphatic carbocycles. The number of aryl methyl sites for hydroxylation is 1. The number of imidazole rings is 1. The van der Waals surface area contributed by atoms with E-state index in [0.717, 1.165) is 19.3 Å². The van der Waals surface area contributed by atoms with Crippen molar-refractivity contribution in [2.75, 3.05) is 5.73 Å². The highest BCUT2D eigenvalue weighted by Gasteiger charge is 2.25. The van der Waals surface area contributed by atoms with Crippen molar-refractivity contribution >= 4 is 29.8 Å². The monoisotopic (exact) mass is 367 g/mol. The number of hydrogen-bond donors (Lipinski definition) is 3. The number of aromatic nitrogens is 2. The van der Waals surface area contributed by atoms with Crippen LogP contribution in [0.1, 0.15) is 26.2 Å². The van der Waals surface area contributed by atoms with Gasteiger partial charge in [0.05, 0.1) is 11.2 Å². The number of nitrogens with two attached hydrogens (primary N) is 1. The van der Waals surface area contributed by atoms with E-state index < -0.39 is 18.9 Å². The summed E-state index contributed by atoms with van der Waals surface area (Å²) in [4.78, 5) is 22.8. The van der Waals surface area contributed by atoms with Crippen LogP contribution in [-0.2, 0) is 11.1 Å². The molecule has 9 heteroatoms. The molecule has 0 radical (unpaired) electrons. The van der Waals surface area contributed by atoms with Crippen LogP contribution in [0.3, 0.4) is 0 Å². The third kappa shape index (κ3) is 3.33. The molecule has 0 aliphatic heterocycles. The number of hydrogen-bond acceptors (Lipinski definition) is 4. The predicted octanol–water partition coefficient (Wildman–Crippen LogP) is 3.01. The Bertz CT molecular complexity index is 960. The van der Waals surface area contributed by atoms with Crippen LogP contribution in [0.25, 0.3) is 22.6 Å². The van der Waals surface area contributed by atoms with Crippen molar-refractivity contribution in [2.24, 2.45) is 0 Å². The van der Waals surface area contributed by atoms with Crippen LogP contribution in [0.2, 0.25) is 0 Å². The molecule has 2 heterocycles. The summed E-state index contributed by atoms with van der Waals surface area (Å²) in [6, 6.07) is 5.53. The van der Waals surface area contributed by atoms with Crippen LogP contribution in [0.4, 0.5) is 10.1 Å².